The number of nitrogens with zero attached hydrogens (tertiary/aromatic N) is 3. The van der Waals surface area contributed by atoms with Crippen LogP contribution in [0.15, 0.2) is 88.1 Å². The molecule has 0 unspecified atom stereocenters. The molecule has 3 N–H and O–H groups in total. The van der Waals surface area contributed by atoms with Gasteiger partial charge in [-0.15, -0.1) is 5.73 Å². The summed E-state index contributed by atoms with van der Waals surface area (Å²) in [6, 6.07) is 19.4. The van der Waals surface area contributed by atoms with Crippen molar-refractivity contribution in [2.24, 2.45) is 0 Å². The smallest absolute Gasteiger partial charge is 0.337 e. The van der Waals surface area contributed by atoms with Crippen molar-refractivity contribution >= 4 is 40.8 Å². The number of carboxylic acids is 2. The Labute approximate surface area is 239 Å². The minimum absolute atomic E-state index is 0.0277. The van der Waals surface area contributed by atoms with Crippen LogP contribution in [0.2, 0.25) is 0 Å². The lowest BCUT2D eigenvalue weighted by Crippen LogP contribution is -2.23. The van der Waals surface area contributed by atoms with Gasteiger partial charge in [0.25, 0.3) is 11.1 Å². The molecule has 10 heteroatoms. The fraction of sp³-hybridized carbons (Fsp3) is 0.0938. The van der Waals surface area contributed by atoms with Crippen molar-refractivity contribution in [3.05, 3.63) is 127 Å². The summed E-state index contributed by atoms with van der Waals surface area (Å²) in [5, 5.41) is 22.2. The van der Waals surface area contributed by atoms with Crippen molar-refractivity contribution in [3.63, 3.8) is 0 Å². The van der Waals surface area contributed by atoms with Gasteiger partial charge in [-0.05, 0) is 78.7 Å². The quantitative estimate of drug-likeness (QED) is 0.247. The monoisotopic (exact) mass is 562 g/mol. The number of carboxylic acid groups (broad SMARTS) is 2. The average molecular weight is 563 g/mol. The van der Waals surface area contributed by atoms with Crippen LogP contribution in [0.1, 0.15) is 37.4 Å². The highest BCUT2D eigenvalue weighted by atomic mass is 16.4. The number of carbonyl (C=O) groups is 2. The highest BCUT2D eigenvalue weighted by Crippen LogP contribution is 2.22. The summed E-state index contributed by atoms with van der Waals surface area (Å²) in [6.45, 7) is 1.64. The summed E-state index contributed by atoms with van der Waals surface area (Å²) in [5.74, 6) is -2.35. The maximum Gasteiger partial charge on any atom is 0.337 e. The molecule has 0 saturated carbocycles. The van der Waals surface area contributed by atoms with E-state index >= 15 is 0 Å². The zero-order valence-corrected chi connectivity index (χ0v) is 23.0. The van der Waals surface area contributed by atoms with E-state index in [1.165, 1.54) is 47.0 Å². The minimum Gasteiger partial charge on any atom is -0.478 e. The molecule has 0 aliphatic carbocycles. The number of aryl methyl sites for hydroxylation is 1. The number of hydrogen-bond acceptors (Lipinski definition) is 5. The first-order valence-electron chi connectivity index (χ1n) is 12.8. The number of fused-ring (bicyclic) bond motifs is 1. The molecule has 5 aromatic rings. The second-order valence-electron chi connectivity index (χ2n) is 9.77. The molecule has 10 nitrogen and oxygen atoms in total. The molecule has 210 valence electrons. The Morgan fingerprint density at radius 3 is 2.14 bits per heavy atom. The number of anilines is 1. The molecule has 2 heterocycles. The molecule has 0 saturated heterocycles. The summed E-state index contributed by atoms with van der Waals surface area (Å²) >= 11 is 0. The average Bonchev–Trinajstić information content (AvgIpc) is 3.31. The van der Waals surface area contributed by atoms with Gasteiger partial charge < -0.3 is 15.1 Å². The van der Waals surface area contributed by atoms with E-state index in [-0.39, 0.29) is 33.4 Å². The van der Waals surface area contributed by atoms with E-state index in [9.17, 15) is 29.4 Å². The zero-order valence-electron chi connectivity index (χ0n) is 23.0. The van der Waals surface area contributed by atoms with Crippen molar-refractivity contribution in [2.45, 2.75) is 6.92 Å². The first kappa shape index (κ1) is 27.7. The van der Waals surface area contributed by atoms with Gasteiger partial charge in [-0.25, -0.2) is 14.3 Å². The van der Waals surface area contributed by atoms with Gasteiger partial charge in [-0.2, -0.15) is 0 Å². The maximum atomic E-state index is 13.9. The molecule has 0 fully saturated rings. The molecule has 3 aromatic carbocycles. The third-order valence-electron chi connectivity index (χ3n) is 6.94. The normalized spacial score (nSPS) is 10.7. The summed E-state index contributed by atoms with van der Waals surface area (Å²) in [7, 11) is 3.89. The topological polar surface area (TPSA) is 138 Å². The van der Waals surface area contributed by atoms with Gasteiger partial charge in [0.2, 0.25) is 0 Å². The predicted octanol–water partition coefficient (Wildman–Crippen LogP) is 4.57. The Morgan fingerprint density at radius 2 is 1.52 bits per heavy atom. The third-order valence-corrected chi connectivity index (χ3v) is 6.94. The molecule has 0 amide bonds. The number of aromatic nitrogens is 3. The fourth-order valence-corrected chi connectivity index (χ4v) is 4.72. The molecule has 0 aliphatic heterocycles. The standard InChI is InChI=1S/C32H26N4O6/c1-19-24(9-6-7-20-11-15-22(16-12-20)34(2)3)29(37)35(23-17-13-21(14-18-23)31(39)40)28-27(19)30(38)36(33-28)26-10-5-4-8-25(26)32(41)42/h4-5,7-18,33H,1-3H3,(H,39,40)(H,41,42). The van der Waals surface area contributed by atoms with E-state index in [1.807, 2.05) is 43.3 Å². The number of nitrogens with one attached hydrogen (secondary N) is 1. The molecule has 5 rings (SSSR count). The number of aromatic carboxylic acids is 2. The van der Waals surface area contributed by atoms with Gasteiger partial charge in [0.1, 0.15) is 5.65 Å². The SMILES string of the molecule is Cc1c(C=C=Cc2ccc(N(C)C)cc2)c(=O)n(-c2ccc(C(=O)O)cc2)c2[nH]n(-c3ccccc3C(=O)O)c(=O)c12. The van der Waals surface area contributed by atoms with Gasteiger partial charge >= 0.3 is 11.9 Å². The number of rotatable bonds is 7. The lowest BCUT2D eigenvalue weighted by molar-refractivity contribution is 0.0686. The number of para-hydroxylation sites is 1. The van der Waals surface area contributed by atoms with Crippen molar-refractivity contribution < 1.29 is 19.8 Å². The number of H-pyrrole nitrogens is 1. The predicted molar refractivity (Wildman–Crippen MR) is 161 cm³/mol. The Balaban J connectivity index is 1.77. The Morgan fingerprint density at radius 1 is 0.857 bits per heavy atom. The summed E-state index contributed by atoms with van der Waals surface area (Å²) in [6.07, 6.45) is 3.22. The maximum absolute atomic E-state index is 13.9. The number of pyridine rings is 1. The van der Waals surface area contributed by atoms with Gasteiger partial charge in [0.05, 0.1) is 33.5 Å². The van der Waals surface area contributed by atoms with Crippen LogP contribution >= 0.6 is 0 Å². The van der Waals surface area contributed by atoms with E-state index in [2.05, 4.69) is 10.8 Å². The molecular weight excluding hydrogens is 536 g/mol. The highest BCUT2D eigenvalue weighted by molar-refractivity contribution is 5.92. The molecule has 0 spiro atoms. The fourth-order valence-electron chi connectivity index (χ4n) is 4.72. The number of hydrogen-bond donors (Lipinski definition) is 3. The van der Waals surface area contributed by atoms with Crippen molar-refractivity contribution in [3.8, 4) is 11.4 Å². The molecule has 0 bridgehead atoms. The lowest BCUT2D eigenvalue weighted by Gasteiger charge is -2.11. The van der Waals surface area contributed by atoms with Crippen LogP contribution in [0.4, 0.5) is 5.69 Å². The molecule has 0 radical (unpaired) electrons. The first-order chi connectivity index (χ1) is 20.1. The van der Waals surface area contributed by atoms with Crippen molar-refractivity contribution in [2.75, 3.05) is 19.0 Å². The largest absolute Gasteiger partial charge is 0.478 e. The summed E-state index contributed by atoms with van der Waals surface area (Å²) in [4.78, 5) is 53.0. The van der Waals surface area contributed by atoms with Gasteiger partial charge in [-0.3, -0.25) is 19.3 Å². The van der Waals surface area contributed by atoms with E-state index in [4.69, 9.17) is 0 Å². The summed E-state index contributed by atoms with van der Waals surface area (Å²) in [5.41, 5.74) is 4.94. The van der Waals surface area contributed by atoms with E-state index < -0.39 is 23.1 Å². The Bertz CT molecular complexity index is 2040. The first-order valence-corrected chi connectivity index (χ1v) is 12.8. The number of benzene rings is 3. The van der Waals surface area contributed by atoms with Gasteiger partial charge in [0, 0.05) is 19.8 Å². The highest BCUT2D eigenvalue weighted by Gasteiger charge is 2.22. The van der Waals surface area contributed by atoms with Crippen LogP contribution in [-0.4, -0.2) is 50.6 Å². The van der Waals surface area contributed by atoms with Crippen LogP contribution in [0.5, 0.6) is 0 Å². The van der Waals surface area contributed by atoms with E-state index in [0.29, 0.717) is 11.3 Å². The van der Waals surface area contributed by atoms with E-state index in [0.717, 1.165) is 15.9 Å². The van der Waals surface area contributed by atoms with Gasteiger partial charge in [0.15, 0.2) is 0 Å². The lowest BCUT2D eigenvalue weighted by atomic mass is 10.1. The van der Waals surface area contributed by atoms with Gasteiger partial charge in [-0.1, -0.05) is 24.3 Å². The van der Waals surface area contributed by atoms with E-state index in [1.54, 1.807) is 25.1 Å². The second-order valence-corrected chi connectivity index (χ2v) is 9.77. The Kier molecular flexibility index (Phi) is 7.23. The Hall–Kier alpha value is -5.86. The molecule has 0 atom stereocenters. The minimum atomic E-state index is -1.22. The van der Waals surface area contributed by atoms with Crippen LogP contribution in [-0.2, 0) is 0 Å². The number of aromatic amines is 1. The second kappa shape index (κ2) is 11.0. The third kappa shape index (κ3) is 4.94. The molecule has 2 aromatic heterocycles. The molecule has 0 aliphatic rings. The van der Waals surface area contributed by atoms with Crippen LogP contribution in [0, 0.1) is 6.92 Å². The molecular formula is C32H26N4O6. The van der Waals surface area contributed by atoms with Crippen LogP contribution in [0.25, 0.3) is 34.6 Å². The molecule has 42 heavy (non-hydrogen) atoms. The van der Waals surface area contributed by atoms with Crippen LogP contribution in [0.3, 0.4) is 0 Å². The zero-order chi connectivity index (χ0) is 30.1. The summed E-state index contributed by atoms with van der Waals surface area (Å²) < 4.78 is 2.37. The van der Waals surface area contributed by atoms with Crippen LogP contribution < -0.4 is 16.0 Å². The van der Waals surface area contributed by atoms with Crippen molar-refractivity contribution in [1.82, 2.24) is 14.3 Å². The van der Waals surface area contributed by atoms with Crippen molar-refractivity contribution in [1.29, 1.82) is 0 Å².